The highest BCUT2D eigenvalue weighted by atomic mass is 32.1. The number of aromatic nitrogens is 1. The molecule has 1 aliphatic rings. The molecule has 2 rings (SSSR count). The van der Waals surface area contributed by atoms with Crippen LogP contribution in [0.4, 0.5) is 0 Å². The third kappa shape index (κ3) is 2.94. The van der Waals surface area contributed by atoms with Gasteiger partial charge in [-0.05, 0) is 51.5 Å². The fourth-order valence-corrected chi connectivity index (χ4v) is 4.16. The molecule has 1 unspecified atom stereocenters. The fraction of sp³-hybridized carbons (Fsp3) is 0.800. The van der Waals surface area contributed by atoms with Gasteiger partial charge in [0.05, 0.1) is 11.2 Å². The first-order chi connectivity index (χ1) is 8.55. The normalized spacial score (nSPS) is 18.1. The Labute approximate surface area is 115 Å². The summed E-state index contributed by atoms with van der Waals surface area (Å²) in [5.41, 5.74) is 1.45. The Kier molecular flexibility index (Phi) is 4.44. The lowest BCUT2D eigenvalue weighted by molar-refractivity contribution is 0.297. The Morgan fingerprint density at radius 3 is 2.78 bits per heavy atom. The second kappa shape index (κ2) is 5.70. The van der Waals surface area contributed by atoms with E-state index in [1.54, 1.807) is 4.88 Å². The summed E-state index contributed by atoms with van der Waals surface area (Å²) in [7, 11) is 0. The lowest BCUT2D eigenvalue weighted by Gasteiger charge is -2.30. The van der Waals surface area contributed by atoms with Gasteiger partial charge in [0.15, 0.2) is 0 Å². The van der Waals surface area contributed by atoms with Gasteiger partial charge in [-0.2, -0.15) is 0 Å². The van der Waals surface area contributed by atoms with Crippen LogP contribution in [0, 0.1) is 5.92 Å². The third-order valence-corrected chi connectivity index (χ3v) is 5.07. The fourth-order valence-electron chi connectivity index (χ4n) is 2.88. The van der Waals surface area contributed by atoms with Crippen LogP contribution >= 0.6 is 11.3 Å². The number of hydrogen-bond donors (Lipinski definition) is 1. The number of rotatable bonds is 6. The van der Waals surface area contributed by atoms with E-state index in [-0.39, 0.29) is 5.54 Å². The number of thiazole rings is 1. The van der Waals surface area contributed by atoms with Gasteiger partial charge in [-0.25, -0.2) is 4.98 Å². The number of nitrogens with zero attached hydrogens (tertiary/aromatic N) is 1. The average Bonchev–Trinajstić information content (AvgIpc) is 2.85. The van der Waals surface area contributed by atoms with Gasteiger partial charge in [-0.15, -0.1) is 11.3 Å². The Morgan fingerprint density at radius 1 is 1.39 bits per heavy atom. The van der Waals surface area contributed by atoms with E-state index in [1.807, 2.05) is 11.3 Å². The Hall–Kier alpha value is -0.410. The minimum Gasteiger partial charge on any atom is -0.306 e. The minimum atomic E-state index is 0.0686. The number of hydrogen-bond acceptors (Lipinski definition) is 3. The predicted octanol–water partition coefficient (Wildman–Crippen LogP) is 3.89. The van der Waals surface area contributed by atoms with Crippen molar-refractivity contribution in [2.24, 2.45) is 5.92 Å². The van der Waals surface area contributed by atoms with Crippen molar-refractivity contribution < 1.29 is 0 Å². The molecule has 1 aromatic heterocycles. The molecule has 0 aliphatic heterocycles. The van der Waals surface area contributed by atoms with Crippen LogP contribution in [0.1, 0.15) is 62.5 Å². The van der Waals surface area contributed by atoms with E-state index in [1.165, 1.54) is 42.8 Å². The Balaban J connectivity index is 2.21. The molecule has 1 aliphatic carbocycles. The number of nitrogens with one attached hydrogen (secondary N) is 1. The van der Waals surface area contributed by atoms with Crippen molar-refractivity contribution in [3.8, 4) is 0 Å². The summed E-state index contributed by atoms with van der Waals surface area (Å²) in [5.74, 6) is 0.693. The van der Waals surface area contributed by atoms with E-state index in [0.717, 1.165) is 6.54 Å². The first-order valence-corrected chi connectivity index (χ1v) is 8.11. The van der Waals surface area contributed by atoms with Gasteiger partial charge in [0.25, 0.3) is 0 Å². The minimum absolute atomic E-state index is 0.0686. The van der Waals surface area contributed by atoms with Crippen molar-refractivity contribution in [1.29, 1.82) is 0 Å². The van der Waals surface area contributed by atoms with Crippen LogP contribution in [0.5, 0.6) is 0 Å². The summed E-state index contributed by atoms with van der Waals surface area (Å²) in [5, 5.41) is 5.04. The Bertz CT molecular complexity index is 376. The van der Waals surface area contributed by atoms with Gasteiger partial charge < -0.3 is 5.32 Å². The summed E-state index contributed by atoms with van der Waals surface area (Å²) < 4.78 is 0. The molecular weight excluding hydrogens is 240 g/mol. The lowest BCUT2D eigenvalue weighted by atomic mass is 9.91. The second-order valence-corrected chi connectivity index (χ2v) is 7.18. The molecule has 0 fully saturated rings. The van der Waals surface area contributed by atoms with E-state index < -0.39 is 0 Å². The summed E-state index contributed by atoms with van der Waals surface area (Å²) >= 11 is 1.95. The van der Waals surface area contributed by atoms with E-state index in [2.05, 4.69) is 33.0 Å². The first-order valence-electron chi connectivity index (χ1n) is 7.29. The van der Waals surface area contributed by atoms with Gasteiger partial charge in [0, 0.05) is 4.88 Å². The van der Waals surface area contributed by atoms with E-state index in [9.17, 15) is 0 Å². The quantitative estimate of drug-likeness (QED) is 0.845. The molecule has 0 amide bonds. The maximum absolute atomic E-state index is 4.92. The van der Waals surface area contributed by atoms with Crippen LogP contribution in [0.25, 0.3) is 0 Å². The largest absolute Gasteiger partial charge is 0.306 e. The van der Waals surface area contributed by atoms with Crippen molar-refractivity contribution in [3.63, 3.8) is 0 Å². The number of aryl methyl sites for hydroxylation is 2. The summed E-state index contributed by atoms with van der Waals surface area (Å²) in [6.45, 7) is 10.2. The molecule has 2 nitrogen and oxygen atoms in total. The molecule has 0 saturated heterocycles. The van der Waals surface area contributed by atoms with E-state index in [4.69, 9.17) is 4.98 Å². The standard InChI is InChI=1S/C15H26N2S/c1-5-9-16-15(4,10-11(2)3)14-17-12-7-6-8-13(12)18-14/h11,16H,5-10H2,1-4H3. The smallest absolute Gasteiger partial charge is 0.113 e. The van der Waals surface area contributed by atoms with Gasteiger partial charge in [-0.3, -0.25) is 0 Å². The van der Waals surface area contributed by atoms with Crippen molar-refractivity contribution in [2.45, 2.75) is 65.3 Å². The molecule has 0 spiro atoms. The highest BCUT2D eigenvalue weighted by Crippen LogP contribution is 2.36. The van der Waals surface area contributed by atoms with Crippen LogP contribution < -0.4 is 5.32 Å². The zero-order chi connectivity index (χ0) is 13.2. The van der Waals surface area contributed by atoms with Crippen molar-refractivity contribution in [2.75, 3.05) is 6.54 Å². The molecule has 0 radical (unpaired) electrons. The third-order valence-electron chi connectivity index (χ3n) is 3.65. The van der Waals surface area contributed by atoms with Crippen molar-refractivity contribution in [1.82, 2.24) is 10.3 Å². The van der Waals surface area contributed by atoms with E-state index >= 15 is 0 Å². The van der Waals surface area contributed by atoms with E-state index in [0.29, 0.717) is 5.92 Å². The molecule has 1 N–H and O–H groups in total. The zero-order valence-electron chi connectivity index (χ0n) is 12.2. The second-order valence-electron chi connectivity index (χ2n) is 6.10. The molecule has 1 atom stereocenters. The van der Waals surface area contributed by atoms with Gasteiger partial charge in [-0.1, -0.05) is 20.8 Å². The molecule has 18 heavy (non-hydrogen) atoms. The van der Waals surface area contributed by atoms with Crippen LogP contribution in [-0.2, 0) is 18.4 Å². The van der Waals surface area contributed by atoms with Crippen molar-refractivity contribution >= 4 is 11.3 Å². The summed E-state index contributed by atoms with van der Waals surface area (Å²) in [6.07, 6.45) is 6.09. The Morgan fingerprint density at radius 2 is 2.17 bits per heavy atom. The molecule has 0 bridgehead atoms. The van der Waals surface area contributed by atoms with Crippen LogP contribution in [0.2, 0.25) is 0 Å². The molecule has 102 valence electrons. The molecule has 0 saturated carbocycles. The highest BCUT2D eigenvalue weighted by molar-refractivity contribution is 7.12. The molecule has 1 aromatic rings. The monoisotopic (exact) mass is 266 g/mol. The molecular formula is C15H26N2S. The zero-order valence-corrected chi connectivity index (χ0v) is 13.0. The topological polar surface area (TPSA) is 24.9 Å². The SMILES string of the molecule is CCCNC(C)(CC(C)C)c1nc2c(s1)CCC2. The van der Waals surface area contributed by atoms with Crippen LogP contribution in [0.3, 0.4) is 0 Å². The van der Waals surface area contributed by atoms with Crippen LogP contribution in [-0.4, -0.2) is 11.5 Å². The molecule has 1 heterocycles. The van der Waals surface area contributed by atoms with Crippen LogP contribution in [0.15, 0.2) is 0 Å². The van der Waals surface area contributed by atoms with Gasteiger partial charge in [0.1, 0.15) is 5.01 Å². The predicted molar refractivity (Wildman–Crippen MR) is 79.2 cm³/mol. The maximum Gasteiger partial charge on any atom is 0.113 e. The molecule has 0 aromatic carbocycles. The van der Waals surface area contributed by atoms with Gasteiger partial charge in [0.2, 0.25) is 0 Å². The van der Waals surface area contributed by atoms with Gasteiger partial charge >= 0.3 is 0 Å². The molecule has 3 heteroatoms. The number of fused-ring (bicyclic) bond motifs is 1. The summed E-state index contributed by atoms with van der Waals surface area (Å²) in [6, 6.07) is 0. The lowest BCUT2D eigenvalue weighted by Crippen LogP contribution is -2.41. The first kappa shape index (κ1) is 14.0. The summed E-state index contributed by atoms with van der Waals surface area (Å²) in [4.78, 5) is 6.46. The maximum atomic E-state index is 4.92. The average molecular weight is 266 g/mol. The highest BCUT2D eigenvalue weighted by Gasteiger charge is 2.32. The van der Waals surface area contributed by atoms with Crippen molar-refractivity contribution in [3.05, 3.63) is 15.6 Å².